The van der Waals surface area contributed by atoms with Gasteiger partial charge in [0.2, 0.25) is 0 Å². The number of ether oxygens (including phenoxy) is 2. The van der Waals surface area contributed by atoms with E-state index >= 15 is 0 Å². The lowest BCUT2D eigenvalue weighted by molar-refractivity contribution is 0.0950. The molecule has 0 aliphatic carbocycles. The normalized spacial score (nSPS) is 16.5. The van der Waals surface area contributed by atoms with E-state index in [1.807, 2.05) is 30.5 Å². The molecule has 6 heteroatoms. The minimum atomic E-state index is -0.130. The number of rotatable bonds is 7. The molecular formula is C22H29N3O3. The summed E-state index contributed by atoms with van der Waals surface area (Å²) in [6, 6.07) is 8.10. The maximum absolute atomic E-state index is 12.7. The van der Waals surface area contributed by atoms with Gasteiger partial charge in [-0.2, -0.15) is 0 Å². The topological polar surface area (TPSA) is 63.7 Å². The molecule has 3 rings (SSSR count). The Kier molecular flexibility index (Phi) is 6.74. The number of hydrogen-bond donors (Lipinski definition) is 1. The molecule has 1 aromatic heterocycles. The molecule has 6 nitrogen and oxygen atoms in total. The Morgan fingerprint density at radius 2 is 2.00 bits per heavy atom. The van der Waals surface area contributed by atoms with Crippen molar-refractivity contribution in [2.45, 2.75) is 45.2 Å². The van der Waals surface area contributed by atoms with Crippen LogP contribution in [0.15, 0.2) is 36.7 Å². The second-order valence-electron chi connectivity index (χ2n) is 7.06. The molecule has 1 amide bonds. The molecule has 0 bridgehead atoms. The summed E-state index contributed by atoms with van der Waals surface area (Å²) in [5, 5.41) is 2.97. The first-order chi connectivity index (χ1) is 13.7. The number of pyridine rings is 1. The van der Waals surface area contributed by atoms with E-state index < -0.39 is 0 Å². The fraction of sp³-hybridized carbons (Fsp3) is 0.455. The minimum absolute atomic E-state index is 0.130. The van der Waals surface area contributed by atoms with E-state index in [0.717, 1.165) is 24.2 Å². The lowest BCUT2D eigenvalue weighted by Crippen LogP contribution is -2.39. The van der Waals surface area contributed by atoms with Crippen LogP contribution in [0, 0.1) is 0 Å². The summed E-state index contributed by atoms with van der Waals surface area (Å²) < 4.78 is 10.6. The van der Waals surface area contributed by atoms with E-state index in [1.54, 1.807) is 20.4 Å². The second kappa shape index (κ2) is 9.44. The molecule has 1 unspecified atom stereocenters. The van der Waals surface area contributed by atoms with Gasteiger partial charge in [-0.15, -0.1) is 0 Å². The monoisotopic (exact) mass is 383 g/mol. The highest BCUT2D eigenvalue weighted by Crippen LogP contribution is 2.28. The van der Waals surface area contributed by atoms with Crippen LogP contribution in [-0.4, -0.2) is 37.7 Å². The largest absolute Gasteiger partial charge is 0.493 e. The maximum Gasteiger partial charge on any atom is 0.253 e. The number of amides is 1. The van der Waals surface area contributed by atoms with Crippen molar-refractivity contribution in [2.24, 2.45) is 0 Å². The van der Waals surface area contributed by atoms with E-state index in [0.29, 0.717) is 29.6 Å². The number of methoxy groups -OCH3 is 2. The Morgan fingerprint density at radius 3 is 2.75 bits per heavy atom. The zero-order valence-corrected chi connectivity index (χ0v) is 16.9. The Balaban J connectivity index is 1.68. The molecule has 150 valence electrons. The van der Waals surface area contributed by atoms with Crippen molar-refractivity contribution in [1.29, 1.82) is 0 Å². The fourth-order valence-electron chi connectivity index (χ4n) is 3.75. The Bertz CT molecular complexity index is 809. The molecule has 1 atom stereocenters. The summed E-state index contributed by atoms with van der Waals surface area (Å²) in [6.45, 7) is 3.65. The number of piperidine rings is 1. The minimum Gasteiger partial charge on any atom is -0.493 e. The van der Waals surface area contributed by atoms with Crippen molar-refractivity contribution in [3.63, 3.8) is 0 Å². The summed E-state index contributed by atoms with van der Waals surface area (Å²) >= 11 is 0. The van der Waals surface area contributed by atoms with Gasteiger partial charge in [0.1, 0.15) is 0 Å². The highest BCUT2D eigenvalue weighted by atomic mass is 16.5. The van der Waals surface area contributed by atoms with E-state index in [-0.39, 0.29) is 5.91 Å². The second-order valence-corrected chi connectivity index (χ2v) is 7.06. The Hall–Kier alpha value is -2.76. The van der Waals surface area contributed by atoms with Gasteiger partial charge >= 0.3 is 0 Å². The SMILES string of the molecule is CCC1CCCCN1c1cncc(C(=O)NCc2ccc(OC)c(OC)c2)c1. The van der Waals surface area contributed by atoms with E-state index in [1.165, 1.54) is 19.3 Å². The standard InChI is InChI=1S/C22H29N3O3/c1-4-18-7-5-6-10-25(18)19-12-17(14-23-15-19)22(26)24-13-16-8-9-20(27-2)21(11-16)28-3/h8-9,11-12,14-15,18H,4-7,10,13H2,1-3H3,(H,24,26). The van der Waals surface area contributed by atoms with Crippen LogP contribution in [0.5, 0.6) is 11.5 Å². The Morgan fingerprint density at radius 1 is 1.18 bits per heavy atom. The zero-order valence-electron chi connectivity index (χ0n) is 16.9. The summed E-state index contributed by atoms with van der Waals surface area (Å²) in [5.74, 6) is 1.18. The van der Waals surface area contributed by atoms with Gasteiger partial charge in [-0.1, -0.05) is 13.0 Å². The third-order valence-corrected chi connectivity index (χ3v) is 5.32. The molecule has 1 fully saturated rings. The van der Waals surface area contributed by atoms with Crippen molar-refractivity contribution in [1.82, 2.24) is 10.3 Å². The van der Waals surface area contributed by atoms with Crippen LogP contribution in [0.4, 0.5) is 5.69 Å². The summed E-state index contributed by atoms with van der Waals surface area (Å²) in [4.78, 5) is 19.4. The van der Waals surface area contributed by atoms with Gasteiger partial charge in [-0.05, 0) is 49.4 Å². The van der Waals surface area contributed by atoms with E-state index in [2.05, 4.69) is 22.1 Å². The van der Waals surface area contributed by atoms with Gasteiger partial charge in [0.15, 0.2) is 11.5 Å². The highest BCUT2D eigenvalue weighted by Gasteiger charge is 2.22. The molecule has 2 aromatic rings. The number of anilines is 1. The van der Waals surface area contributed by atoms with Crippen LogP contribution in [0.3, 0.4) is 0 Å². The van der Waals surface area contributed by atoms with Gasteiger partial charge in [-0.3, -0.25) is 9.78 Å². The average molecular weight is 383 g/mol. The molecule has 1 N–H and O–H groups in total. The van der Waals surface area contributed by atoms with Crippen LogP contribution in [0.2, 0.25) is 0 Å². The number of carbonyl (C=O) groups excluding carboxylic acids is 1. The van der Waals surface area contributed by atoms with Crippen molar-refractivity contribution in [3.05, 3.63) is 47.8 Å². The lowest BCUT2D eigenvalue weighted by Gasteiger charge is -2.37. The Labute approximate surface area is 166 Å². The number of benzene rings is 1. The smallest absolute Gasteiger partial charge is 0.253 e. The van der Waals surface area contributed by atoms with Gasteiger partial charge in [0, 0.05) is 25.3 Å². The summed E-state index contributed by atoms with van der Waals surface area (Å²) in [7, 11) is 3.20. The molecule has 1 aliphatic heterocycles. The first kappa shape index (κ1) is 20.0. The summed E-state index contributed by atoms with van der Waals surface area (Å²) in [6.07, 6.45) is 8.25. The molecule has 1 aliphatic rings. The van der Waals surface area contributed by atoms with Crippen molar-refractivity contribution in [3.8, 4) is 11.5 Å². The molecular weight excluding hydrogens is 354 g/mol. The summed E-state index contributed by atoms with van der Waals surface area (Å²) in [5.41, 5.74) is 2.56. The van der Waals surface area contributed by atoms with Gasteiger partial charge in [0.05, 0.1) is 31.7 Å². The molecule has 1 aromatic carbocycles. The van der Waals surface area contributed by atoms with Crippen molar-refractivity contribution < 1.29 is 14.3 Å². The molecule has 0 radical (unpaired) electrons. The average Bonchev–Trinajstić information content (AvgIpc) is 2.77. The third-order valence-electron chi connectivity index (χ3n) is 5.32. The van der Waals surface area contributed by atoms with E-state index in [9.17, 15) is 4.79 Å². The van der Waals surface area contributed by atoms with Crippen LogP contribution in [0.25, 0.3) is 0 Å². The van der Waals surface area contributed by atoms with Crippen LogP contribution < -0.4 is 19.7 Å². The number of aromatic nitrogens is 1. The van der Waals surface area contributed by atoms with Gasteiger partial charge < -0.3 is 19.7 Å². The maximum atomic E-state index is 12.7. The molecule has 2 heterocycles. The van der Waals surface area contributed by atoms with Crippen LogP contribution in [0.1, 0.15) is 48.5 Å². The fourth-order valence-corrected chi connectivity index (χ4v) is 3.75. The highest BCUT2D eigenvalue weighted by molar-refractivity contribution is 5.94. The molecule has 0 saturated carbocycles. The predicted molar refractivity (Wildman–Crippen MR) is 110 cm³/mol. The van der Waals surface area contributed by atoms with E-state index in [4.69, 9.17) is 9.47 Å². The quantitative estimate of drug-likeness (QED) is 0.788. The first-order valence-corrected chi connectivity index (χ1v) is 9.87. The van der Waals surface area contributed by atoms with Crippen molar-refractivity contribution in [2.75, 3.05) is 25.7 Å². The third kappa shape index (κ3) is 4.55. The van der Waals surface area contributed by atoms with Gasteiger partial charge in [0.25, 0.3) is 5.91 Å². The van der Waals surface area contributed by atoms with Crippen LogP contribution >= 0.6 is 0 Å². The first-order valence-electron chi connectivity index (χ1n) is 9.87. The number of nitrogens with one attached hydrogen (secondary N) is 1. The number of hydrogen-bond acceptors (Lipinski definition) is 5. The zero-order chi connectivity index (χ0) is 19.9. The molecule has 1 saturated heterocycles. The predicted octanol–water partition coefficient (Wildman–Crippen LogP) is 3.80. The van der Waals surface area contributed by atoms with Gasteiger partial charge in [-0.25, -0.2) is 0 Å². The van der Waals surface area contributed by atoms with Crippen molar-refractivity contribution >= 4 is 11.6 Å². The molecule has 0 spiro atoms. The molecule has 28 heavy (non-hydrogen) atoms. The number of carbonyl (C=O) groups is 1. The lowest BCUT2D eigenvalue weighted by atomic mass is 9.99. The number of nitrogens with zero attached hydrogens (tertiary/aromatic N) is 2. The van der Waals surface area contributed by atoms with Crippen LogP contribution in [-0.2, 0) is 6.54 Å².